The summed E-state index contributed by atoms with van der Waals surface area (Å²) in [6.45, 7) is 4.46. The number of ether oxygens (including phenoxy) is 3. The third-order valence-corrected chi connectivity index (χ3v) is 7.31. The van der Waals surface area contributed by atoms with Crippen molar-refractivity contribution in [1.82, 2.24) is 15.6 Å². The summed E-state index contributed by atoms with van der Waals surface area (Å²) in [5.41, 5.74) is 1.95. The second kappa shape index (κ2) is 17.3. The molecule has 0 spiro atoms. The number of anilines is 1. The number of alkyl carbamates (subject to hydrolysis) is 1. The summed E-state index contributed by atoms with van der Waals surface area (Å²) in [5.74, 6) is -4.31. The van der Waals surface area contributed by atoms with E-state index in [-0.39, 0.29) is 6.10 Å². The predicted octanol–water partition coefficient (Wildman–Crippen LogP) is 3.45. The second-order valence-electron chi connectivity index (χ2n) is 11.3. The van der Waals surface area contributed by atoms with Gasteiger partial charge in [0, 0.05) is 38.4 Å². The molecule has 13 nitrogen and oxygen atoms in total. The Kier molecular flexibility index (Phi) is 14.5. The first-order valence-electron chi connectivity index (χ1n) is 14.6. The molecule has 1 saturated heterocycles. The number of halogens is 6. The van der Waals surface area contributed by atoms with E-state index in [0.29, 0.717) is 32.0 Å². The third-order valence-electron chi connectivity index (χ3n) is 7.31. The molecule has 1 aliphatic carbocycles. The van der Waals surface area contributed by atoms with Gasteiger partial charge in [0.05, 0.1) is 13.2 Å². The average Bonchev–Trinajstić information content (AvgIpc) is 2.95. The molecule has 1 atom stereocenters. The lowest BCUT2D eigenvalue weighted by atomic mass is 9.79. The van der Waals surface area contributed by atoms with Crippen molar-refractivity contribution in [1.29, 1.82) is 0 Å². The molecular formula is C28H38F6N4O9. The Balaban J connectivity index is 0.000000459. The molecule has 1 unspecified atom stereocenters. The Morgan fingerprint density at radius 3 is 2.17 bits per heavy atom. The topological polar surface area (TPSA) is 185 Å². The average molecular weight is 689 g/mol. The molecule has 1 aromatic rings. The largest absolute Gasteiger partial charge is 0.490 e. The monoisotopic (exact) mass is 688 g/mol. The molecule has 1 aromatic heterocycles. The number of carbonyl (C=O) groups excluding carboxylic acids is 2. The van der Waals surface area contributed by atoms with Crippen LogP contribution in [0.3, 0.4) is 0 Å². The Morgan fingerprint density at radius 1 is 1.06 bits per heavy atom. The lowest BCUT2D eigenvalue weighted by Gasteiger charge is -2.38. The minimum Gasteiger partial charge on any atom is -0.475 e. The number of methoxy groups -OCH3 is 1. The third kappa shape index (κ3) is 13.8. The molecule has 2 aliphatic heterocycles. The van der Waals surface area contributed by atoms with Crippen LogP contribution in [0.2, 0.25) is 0 Å². The van der Waals surface area contributed by atoms with Crippen LogP contribution in [0.4, 0.5) is 37.0 Å². The summed E-state index contributed by atoms with van der Waals surface area (Å²) in [4.78, 5) is 46.8. The number of esters is 1. The van der Waals surface area contributed by atoms with E-state index in [1.54, 1.807) is 0 Å². The minimum atomic E-state index is -5.08. The van der Waals surface area contributed by atoms with Crippen LogP contribution in [0, 0.1) is 5.92 Å². The van der Waals surface area contributed by atoms with Gasteiger partial charge in [0.15, 0.2) is 0 Å². The second-order valence-corrected chi connectivity index (χ2v) is 11.3. The van der Waals surface area contributed by atoms with Gasteiger partial charge in [-0.3, -0.25) is 0 Å². The van der Waals surface area contributed by atoms with Gasteiger partial charge in [-0.05, 0) is 63.0 Å². The Bertz CT molecular complexity index is 1200. The number of amides is 1. The highest BCUT2D eigenvalue weighted by Crippen LogP contribution is 2.34. The van der Waals surface area contributed by atoms with Crippen LogP contribution in [0.1, 0.15) is 50.3 Å². The highest BCUT2D eigenvalue weighted by molar-refractivity contribution is 5.81. The van der Waals surface area contributed by atoms with Crippen LogP contribution in [0.5, 0.6) is 0 Å². The van der Waals surface area contributed by atoms with Crippen molar-refractivity contribution in [3.05, 3.63) is 23.4 Å². The number of aryl methyl sites for hydroxylation is 2. The van der Waals surface area contributed by atoms with Gasteiger partial charge in [0.2, 0.25) is 0 Å². The van der Waals surface area contributed by atoms with Crippen LogP contribution in [0.25, 0.3) is 0 Å². The first-order chi connectivity index (χ1) is 21.8. The number of hydrogen-bond donors (Lipinski definition) is 5. The van der Waals surface area contributed by atoms with Gasteiger partial charge in [-0.2, -0.15) is 26.3 Å². The lowest BCUT2D eigenvalue weighted by Crippen LogP contribution is -2.61. The molecule has 1 saturated carbocycles. The van der Waals surface area contributed by atoms with Gasteiger partial charge in [0.25, 0.3) is 0 Å². The SMILES string of the molecule is COC(=O)C(CCO[C@H]1C[C@H](CCc2ccc3c(n2)NCCC3)C1)NC(=O)OC1(C)CNC1.O=C(O)C(F)(F)F.O=C(O)C(F)(F)F. The number of rotatable bonds is 10. The zero-order valence-electron chi connectivity index (χ0n) is 25.6. The fourth-order valence-corrected chi connectivity index (χ4v) is 4.59. The number of nitrogens with one attached hydrogen (secondary N) is 3. The van der Waals surface area contributed by atoms with Crippen LogP contribution in [-0.4, -0.2) is 103 Å². The van der Waals surface area contributed by atoms with E-state index in [1.165, 1.54) is 19.1 Å². The van der Waals surface area contributed by atoms with Crippen LogP contribution in [0.15, 0.2) is 12.1 Å². The van der Waals surface area contributed by atoms with E-state index >= 15 is 0 Å². The maximum absolute atomic E-state index is 12.1. The van der Waals surface area contributed by atoms with Gasteiger partial charge < -0.3 is 40.4 Å². The lowest BCUT2D eigenvalue weighted by molar-refractivity contribution is -0.193. The highest BCUT2D eigenvalue weighted by atomic mass is 19.4. The number of carboxylic acids is 2. The van der Waals surface area contributed by atoms with Gasteiger partial charge in [-0.1, -0.05) is 6.07 Å². The number of carbonyl (C=O) groups is 4. The maximum atomic E-state index is 12.1. The molecule has 1 amide bonds. The predicted molar refractivity (Wildman–Crippen MR) is 151 cm³/mol. The number of aliphatic carboxylic acids is 2. The normalized spacial score (nSPS) is 20.0. The number of alkyl halides is 6. The van der Waals surface area contributed by atoms with E-state index in [4.69, 9.17) is 39.0 Å². The summed E-state index contributed by atoms with van der Waals surface area (Å²) in [5, 5.41) is 23.3. The van der Waals surface area contributed by atoms with Crippen molar-refractivity contribution in [2.75, 3.05) is 38.7 Å². The fourth-order valence-electron chi connectivity index (χ4n) is 4.59. The smallest absolute Gasteiger partial charge is 0.475 e. The Labute approximate surface area is 265 Å². The van der Waals surface area contributed by atoms with Crippen molar-refractivity contribution in [2.45, 2.75) is 82.0 Å². The molecule has 0 radical (unpaired) electrons. The number of nitrogens with zero attached hydrogens (tertiary/aromatic N) is 1. The van der Waals surface area contributed by atoms with Gasteiger partial charge >= 0.3 is 36.4 Å². The maximum Gasteiger partial charge on any atom is 0.490 e. The highest BCUT2D eigenvalue weighted by Gasteiger charge is 2.39. The Hall–Kier alpha value is -3.87. The molecule has 0 aromatic carbocycles. The van der Waals surface area contributed by atoms with Crippen molar-refractivity contribution < 1.29 is 69.9 Å². The summed E-state index contributed by atoms with van der Waals surface area (Å²) in [7, 11) is 1.31. The van der Waals surface area contributed by atoms with Crippen molar-refractivity contribution in [2.24, 2.45) is 5.92 Å². The number of hydrogen-bond acceptors (Lipinski definition) is 10. The van der Waals surface area contributed by atoms with E-state index in [9.17, 15) is 35.9 Å². The van der Waals surface area contributed by atoms with Crippen LogP contribution < -0.4 is 16.0 Å². The summed E-state index contributed by atoms with van der Waals surface area (Å²) in [6.07, 6.45) is -3.79. The van der Waals surface area contributed by atoms with Gasteiger partial charge in [-0.25, -0.2) is 24.2 Å². The van der Waals surface area contributed by atoms with Gasteiger partial charge in [-0.15, -0.1) is 0 Å². The first-order valence-corrected chi connectivity index (χ1v) is 14.6. The summed E-state index contributed by atoms with van der Waals surface area (Å²) < 4.78 is 79.6. The van der Waals surface area contributed by atoms with Gasteiger partial charge in [0.1, 0.15) is 17.5 Å². The molecule has 47 heavy (non-hydrogen) atoms. The zero-order valence-corrected chi connectivity index (χ0v) is 25.6. The Morgan fingerprint density at radius 2 is 1.66 bits per heavy atom. The quantitative estimate of drug-likeness (QED) is 0.178. The molecule has 266 valence electrons. The van der Waals surface area contributed by atoms with E-state index < -0.39 is 48.0 Å². The van der Waals surface area contributed by atoms with Crippen molar-refractivity contribution >= 4 is 29.8 Å². The number of fused-ring (bicyclic) bond motifs is 1. The summed E-state index contributed by atoms with van der Waals surface area (Å²) >= 11 is 0. The van der Waals surface area contributed by atoms with Crippen LogP contribution in [-0.2, 0) is 41.4 Å². The minimum absolute atomic E-state index is 0.207. The van der Waals surface area contributed by atoms with E-state index in [0.717, 1.165) is 50.2 Å². The summed E-state index contributed by atoms with van der Waals surface area (Å²) in [6, 6.07) is 3.59. The standard InChI is InChI=1S/C24H36N4O5.2C2HF3O2/c1-24(14-25-15-24)33-23(30)28-20(22(29)31-2)9-11-32-19-12-16(13-19)5-7-18-8-6-17-4-3-10-26-21(17)27-18;2*3-2(4,5)1(6)7/h6,8,16,19-20,25H,3-5,7,9-15H2,1-2H3,(H,26,27)(H,28,30);2*(H,6,7)/t16-,19-,20?;;. The molecule has 19 heteroatoms. The molecule has 3 heterocycles. The fraction of sp³-hybridized carbons (Fsp3) is 0.679. The zero-order chi connectivity index (χ0) is 35.4. The molecule has 5 N–H and O–H groups in total. The van der Waals surface area contributed by atoms with Crippen molar-refractivity contribution in [3.63, 3.8) is 0 Å². The van der Waals surface area contributed by atoms with E-state index in [2.05, 4.69) is 28.1 Å². The number of carboxylic acid groups (broad SMARTS) is 2. The molecule has 2 fully saturated rings. The molecule has 0 bridgehead atoms. The van der Waals surface area contributed by atoms with Crippen LogP contribution >= 0.6 is 0 Å². The van der Waals surface area contributed by atoms with E-state index in [1.807, 2.05) is 6.92 Å². The molecular weight excluding hydrogens is 650 g/mol. The molecule has 4 rings (SSSR count). The number of pyridine rings is 1. The van der Waals surface area contributed by atoms with Crippen molar-refractivity contribution in [3.8, 4) is 0 Å². The number of aromatic nitrogens is 1. The molecule has 3 aliphatic rings. The first kappa shape index (κ1) is 39.3.